The second-order valence-electron chi connectivity index (χ2n) is 7.05. The number of benzene rings is 1. The summed E-state index contributed by atoms with van der Waals surface area (Å²) in [6.07, 6.45) is -5.40. The van der Waals surface area contributed by atoms with E-state index in [1.807, 2.05) is 0 Å². The zero-order chi connectivity index (χ0) is 20.8. The van der Waals surface area contributed by atoms with Crippen LogP contribution >= 0.6 is 0 Å². The molecule has 0 spiro atoms. The van der Waals surface area contributed by atoms with Gasteiger partial charge < -0.3 is 15.2 Å². The van der Waals surface area contributed by atoms with Crippen molar-refractivity contribution in [3.05, 3.63) is 29.3 Å². The monoisotopic (exact) mass is 390 g/mol. The molecule has 0 aliphatic heterocycles. The van der Waals surface area contributed by atoms with Crippen LogP contribution in [0.1, 0.15) is 38.3 Å². The Morgan fingerprint density at radius 2 is 1.78 bits per heavy atom. The van der Waals surface area contributed by atoms with E-state index in [9.17, 15) is 22.8 Å². The van der Waals surface area contributed by atoms with Gasteiger partial charge in [-0.15, -0.1) is 0 Å². The van der Waals surface area contributed by atoms with Crippen molar-refractivity contribution in [2.45, 2.75) is 51.9 Å². The number of alkyl halides is 3. The van der Waals surface area contributed by atoms with Crippen LogP contribution in [0.25, 0.3) is 0 Å². The lowest BCUT2D eigenvalue weighted by Gasteiger charge is -2.28. The van der Waals surface area contributed by atoms with E-state index in [1.54, 1.807) is 32.9 Å². The van der Waals surface area contributed by atoms with Crippen molar-refractivity contribution in [3.8, 4) is 5.75 Å². The quantitative estimate of drug-likeness (QED) is 0.774. The minimum absolute atomic E-state index is 0.0328. The van der Waals surface area contributed by atoms with Crippen LogP contribution in [0.5, 0.6) is 5.75 Å². The van der Waals surface area contributed by atoms with Gasteiger partial charge in [-0.1, -0.05) is 6.07 Å². The van der Waals surface area contributed by atoms with Gasteiger partial charge in [-0.05, 0) is 50.5 Å². The number of methoxy groups -OCH3 is 1. The van der Waals surface area contributed by atoms with Crippen molar-refractivity contribution in [1.82, 2.24) is 4.90 Å². The predicted molar refractivity (Wildman–Crippen MR) is 93.2 cm³/mol. The van der Waals surface area contributed by atoms with Crippen molar-refractivity contribution < 1.29 is 32.2 Å². The highest BCUT2D eigenvalue weighted by molar-refractivity contribution is 5.74. The summed E-state index contributed by atoms with van der Waals surface area (Å²) in [7, 11) is 1.42. The molecule has 0 atom stereocenters. The van der Waals surface area contributed by atoms with Gasteiger partial charge in [0.1, 0.15) is 17.9 Å². The normalized spacial score (nSPS) is 11.8. The Hall–Kier alpha value is -2.45. The largest absolute Gasteiger partial charge is 0.497 e. The summed E-state index contributed by atoms with van der Waals surface area (Å²) in [5.41, 5.74) is 5.24. The van der Waals surface area contributed by atoms with Gasteiger partial charge in [0.05, 0.1) is 7.11 Å². The molecule has 2 N–H and O–H groups in total. The topological polar surface area (TPSA) is 81.9 Å². The number of amides is 2. The Morgan fingerprint density at radius 3 is 2.26 bits per heavy atom. The van der Waals surface area contributed by atoms with Crippen LogP contribution in [0.4, 0.5) is 18.0 Å². The van der Waals surface area contributed by atoms with Gasteiger partial charge in [-0.25, -0.2) is 4.79 Å². The van der Waals surface area contributed by atoms with Crippen LogP contribution in [0.2, 0.25) is 0 Å². The molecule has 0 aromatic heterocycles. The van der Waals surface area contributed by atoms with E-state index >= 15 is 0 Å². The third-order valence-corrected chi connectivity index (χ3v) is 3.44. The highest BCUT2D eigenvalue weighted by Crippen LogP contribution is 2.25. The molecule has 152 valence electrons. The smallest absolute Gasteiger partial charge is 0.410 e. The highest BCUT2D eigenvalue weighted by Gasteiger charge is 2.35. The summed E-state index contributed by atoms with van der Waals surface area (Å²) in [5.74, 6) is -0.111. The van der Waals surface area contributed by atoms with Crippen LogP contribution in [0, 0.1) is 0 Å². The van der Waals surface area contributed by atoms with E-state index < -0.39 is 30.3 Å². The summed E-state index contributed by atoms with van der Waals surface area (Å²) in [4.78, 5) is 23.9. The van der Waals surface area contributed by atoms with Gasteiger partial charge in [-0.3, -0.25) is 9.69 Å². The van der Waals surface area contributed by atoms with Gasteiger partial charge >= 0.3 is 12.3 Å². The number of carbonyl (C=O) groups is 2. The van der Waals surface area contributed by atoms with Gasteiger partial charge in [0.15, 0.2) is 0 Å². The molecule has 1 aromatic rings. The van der Waals surface area contributed by atoms with E-state index in [4.69, 9.17) is 15.2 Å². The molecule has 27 heavy (non-hydrogen) atoms. The molecule has 2 amide bonds. The second-order valence-corrected chi connectivity index (χ2v) is 7.05. The molecule has 0 saturated carbocycles. The summed E-state index contributed by atoms with van der Waals surface area (Å²) < 4.78 is 49.1. The van der Waals surface area contributed by atoms with Crippen LogP contribution < -0.4 is 10.5 Å². The van der Waals surface area contributed by atoms with Crippen molar-refractivity contribution in [2.24, 2.45) is 5.73 Å². The number of hydrogen-bond donors (Lipinski definition) is 1. The summed E-state index contributed by atoms with van der Waals surface area (Å²) >= 11 is 0. The second kappa shape index (κ2) is 8.96. The Labute approximate surface area is 156 Å². The average molecular weight is 390 g/mol. The van der Waals surface area contributed by atoms with E-state index in [1.165, 1.54) is 13.2 Å². The first-order valence-electron chi connectivity index (χ1n) is 8.29. The zero-order valence-corrected chi connectivity index (χ0v) is 15.9. The van der Waals surface area contributed by atoms with E-state index in [0.29, 0.717) is 21.8 Å². The van der Waals surface area contributed by atoms with Crippen LogP contribution in [0.3, 0.4) is 0 Å². The molecule has 0 radical (unpaired) electrons. The van der Waals surface area contributed by atoms with Gasteiger partial charge in [0.25, 0.3) is 0 Å². The lowest BCUT2D eigenvalue weighted by molar-refractivity contribution is -0.145. The number of nitrogens with zero attached hydrogens (tertiary/aromatic N) is 1. The lowest BCUT2D eigenvalue weighted by Crippen LogP contribution is -2.41. The summed E-state index contributed by atoms with van der Waals surface area (Å²) in [6, 6.07) is 4.80. The Bertz CT molecular complexity index is 670. The number of carbonyl (C=O) groups excluding carboxylic acids is 2. The maximum Gasteiger partial charge on any atom is 0.410 e. The molecule has 1 aromatic carbocycles. The fourth-order valence-electron chi connectivity index (χ4n) is 2.31. The Kier molecular flexibility index (Phi) is 7.50. The molecule has 0 fully saturated rings. The van der Waals surface area contributed by atoms with Gasteiger partial charge in [-0.2, -0.15) is 13.2 Å². The highest BCUT2D eigenvalue weighted by atomic mass is 19.4. The number of rotatable bonds is 7. The molecule has 9 heteroatoms. The molecular weight excluding hydrogens is 365 g/mol. The van der Waals surface area contributed by atoms with Crippen LogP contribution in [-0.2, 0) is 22.5 Å². The van der Waals surface area contributed by atoms with Crippen LogP contribution in [0.15, 0.2) is 18.2 Å². The molecule has 0 unspecified atom stereocenters. The predicted octanol–water partition coefficient (Wildman–Crippen LogP) is 3.41. The third-order valence-electron chi connectivity index (χ3n) is 3.44. The number of aryl methyl sites for hydroxylation is 1. The van der Waals surface area contributed by atoms with Crippen molar-refractivity contribution in [2.75, 3.05) is 13.7 Å². The molecule has 6 nitrogen and oxygen atoms in total. The zero-order valence-electron chi connectivity index (χ0n) is 15.9. The number of halogens is 3. The fraction of sp³-hybridized carbons (Fsp3) is 0.556. The van der Waals surface area contributed by atoms with Gasteiger partial charge in [0, 0.05) is 13.0 Å². The summed E-state index contributed by atoms with van der Waals surface area (Å²) in [5, 5.41) is 0. The fourth-order valence-corrected chi connectivity index (χ4v) is 2.31. The standard InChI is InChI=1S/C18H25F3N2O4/c1-17(2,3)27-16(25)23(11-18(19,20)21)10-13-9-14(26-4)7-5-12(13)6-8-15(22)24/h5,7,9H,6,8,10-11H2,1-4H3,(H2,22,24). The number of primary amides is 1. The van der Waals surface area contributed by atoms with Crippen molar-refractivity contribution in [3.63, 3.8) is 0 Å². The van der Waals surface area contributed by atoms with E-state index in [-0.39, 0.29) is 19.4 Å². The number of hydrogen-bond acceptors (Lipinski definition) is 4. The number of nitrogens with two attached hydrogens (primary N) is 1. The molecule has 1 rings (SSSR count). The van der Waals surface area contributed by atoms with Crippen LogP contribution in [-0.4, -0.2) is 42.3 Å². The first-order chi connectivity index (χ1) is 12.3. The molecule has 0 bridgehead atoms. The third kappa shape index (κ3) is 8.65. The molecule has 0 aliphatic carbocycles. The maximum atomic E-state index is 13.0. The number of ether oxygens (including phenoxy) is 2. The SMILES string of the molecule is COc1ccc(CCC(N)=O)c(CN(CC(F)(F)F)C(=O)OC(C)(C)C)c1. The van der Waals surface area contributed by atoms with Gasteiger partial charge in [0.2, 0.25) is 5.91 Å². The minimum Gasteiger partial charge on any atom is -0.497 e. The molecule has 0 aliphatic rings. The Balaban J connectivity index is 3.17. The first-order valence-corrected chi connectivity index (χ1v) is 8.29. The lowest BCUT2D eigenvalue weighted by atomic mass is 10.0. The van der Waals surface area contributed by atoms with E-state index in [0.717, 1.165) is 0 Å². The van der Waals surface area contributed by atoms with Crippen molar-refractivity contribution in [1.29, 1.82) is 0 Å². The maximum absolute atomic E-state index is 13.0. The minimum atomic E-state index is -4.59. The first kappa shape index (κ1) is 22.6. The average Bonchev–Trinajstić information content (AvgIpc) is 2.49. The van der Waals surface area contributed by atoms with E-state index in [2.05, 4.69) is 0 Å². The molecule has 0 heterocycles. The molecule has 0 saturated heterocycles. The van der Waals surface area contributed by atoms with Crippen molar-refractivity contribution >= 4 is 12.0 Å². The Morgan fingerprint density at radius 1 is 1.15 bits per heavy atom. The summed E-state index contributed by atoms with van der Waals surface area (Å²) in [6.45, 7) is 2.90. The molecular formula is C18H25F3N2O4.